The average molecular weight is 220 g/mol. The Balaban J connectivity index is 0.00000169. The molecular formula is C9H14ClNO3. The third-order valence-corrected chi connectivity index (χ3v) is 1.93. The van der Waals surface area contributed by atoms with Crippen LogP contribution in [0.1, 0.15) is 24.9 Å². The lowest BCUT2D eigenvalue weighted by Crippen LogP contribution is -2.08. The van der Waals surface area contributed by atoms with E-state index in [2.05, 4.69) is 0 Å². The van der Waals surface area contributed by atoms with Gasteiger partial charge in [0.05, 0.1) is 5.56 Å². The molecule has 0 fully saturated rings. The van der Waals surface area contributed by atoms with E-state index in [4.69, 9.17) is 10.8 Å². The molecule has 1 aromatic carbocycles. The summed E-state index contributed by atoms with van der Waals surface area (Å²) in [6.45, 7) is 1.84. The molecule has 0 aliphatic carbocycles. The van der Waals surface area contributed by atoms with Crippen LogP contribution in [0.25, 0.3) is 0 Å². The van der Waals surface area contributed by atoms with E-state index in [1.165, 1.54) is 0 Å². The van der Waals surface area contributed by atoms with Crippen molar-refractivity contribution in [3.05, 3.63) is 17.7 Å². The van der Waals surface area contributed by atoms with Crippen molar-refractivity contribution in [2.45, 2.75) is 19.4 Å². The van der Waals surface area contributed by atoms with Crippen LogP contribution >= 0.6 is 12.4 Å². The molecule has 0 spiro atoms. The molecule has 1 rings (SSSR count). The quantitative estimate of drug-likeness (QED) is 0.609. The Kier molecular flexibility index (Phi) is 4.53. The predicted molar refractivity (Wildman–Crippen MR) is 55.9 cm³/mol. The van der Waals surface area contributed by atoms with Crippen molar-refractivity contribution in [2.24, 2.45) is 5.73 Å². The standard InChI is InChI=1S/C9H13NO3.ClH/c1-2-6(10)9-7(12)3-5(11)4-8(9)13;/h3-4,6,11-13H,2,10H2,1H3;1H/t6-;/m0./s1. The highest BCUT2D eigenvalue weighted by Gasteiger charge is 2.15. The number of hydrogen-bond donors (Lipinski definition) is 4. The highest BCUT2D eigenvalue weighted by molar-refractivity contribution is 5.85. The molecule has 0 saturated heterocycles. The molecule has 5 heteroatoms. The first-order chi connectivity index (χ1) is 6.06. The zero-order valence-electron chi connectivity index (χ0n) is 7.77. The second-order valence-corrected chi connectivity index (χ2v) is 2.91. The van der Waals surface area contributed by atoms with Crippen molar-refractivity contribution in [1.29, 1.82) is 0 Å². The fraction of sp³-hybridized carbons (Fsp3) is 0.333. The van der Waals surface area contributed by atoms with Crippen LogP contribution in [-0.4, -0.2) is 15.3 Å². The normalized spacial score (nSPS) is 11.9. The van der Waals surface area contributed by atoms with Crippen molar-refractivity contribution in [2.75, 3.05) is 0 Å². The molecule has 80 valence electrons. The van der Waals surface area contributed by atoms with Gasteiger partial charge in [-0.25, -0.2) is 0 Å². The minimum Gasteiger partial charge on any atom is -0.508 e. The maximum atomic E-state index is 9.37. The van der Waals surface area contributed by atoms with Crippen molar-refractivity contribution < 1.29 is 15.3 Å². The number of halogens is 1. The maximum Gasteiger partial charge on any atom is 0.127 e. The second-order valence-electron chi connectivity index (χ2n) is 2.91. The second kappa shape index (κ2) is 4.93. The molecule has 0 aliphatic rings. The summed E-state index contributed by atoms with van der Waals surface area (Å²) in [6.07, 6.45) is 0.603. The summed E-state index contributed by atoms with van der Waals surface area (Å²) in [6, 6.07) is 1.90. The molecule has 0 unspecified atom stereocenters. The molecule has 5 N–H and O–H groups in total. The van der Waals surface area contributed by atoms with Crippen LogP contribution in [0.15, 0.2) is 12.1 Å². The SMILES string of the molecule is CC[C@H](N)c1c(O)cc(O)cc1O.Cl. The van der Waals surface area contributed by atoms with Crippen LogP contribution in [0.5, 0.6) is 17.2 Å². The number of nitrogens with two attached hydrogens (primary N) is 1. The van der Waals surface area contributed by atoms with Crippen LogP contribution in [0, 0.1) is 0 Å². The molecule has 1 atom stereocenters. The van der Waals surface area contributed by atoms with E-state index in [1.54, 1.807) is 0 Å². The summed E-state index contributed by atoms with van der Waals surface area (Å²) in [7, 11) is 0. The van der Waals surface area contributed by atoms with Gasteiger partial charge in [0.1, 0.15) is 17.2 Å². The van der Waals surface area contributed by atoms with Gasteiger partial charge in [-0.05, 0) is 6.42 Å². The minimum atomic E-state index is -0.416. The molecule has 0 radical (unpaired) electrons. The Morgan fingerprint density at radius 2 is 1.64 bits per heavy atom. The van der Waals surface area contributed by atoms with E-state index < -0.39 is 6.04 Å². The van der Waals surface area contributed by atoms with Crippen molar-refractivity contribution >= 4 is 12.4 Å². The number of phenols is 3. The van der Waals surface area contributed by atoms with Crippen LogP contribution in [0.3, 0.4) is 0 Å². The van der Waals surface area contributed by atoms with E-state index in [1.807, 2.05) is 6.92 Å². The Morgan fingerprint density at radius 1 is 1.21 bits per heavy atom. The smallest absolute Gasteiger partial charge is 0.127 e. The van der Waals surface area contributed by atoms with E-state index in [0.717, 1.165) is 12.1 Å². The van der Waals surface area contributed by atoms with Gasteiger partial charge in [0.25, 0.3) is 0 Å². The molecule has 1 aromatic rings. The van der Waals surface area contributed by atoms with Gasteiger partial charge in [-0.2, -0.15) is 0 Å². The fourth-order valence-electron chi connectivity index (χ4n) is 1.19. The van der Waals surface area contributed by atoms with Gasteiger partial charge in [-0.15, -0.1) is 12.4 Å². The minimum absolute atomic E-state index is 0. The Bertz CT molecular complexity index is 294. The number of rotatable bonds is 2. The fourth-order valence-corrected chi connectivity index (χ4v) is 1.19. The molecule has 0 amide bonds. The largest absolute Gasteiger partial charge is 0.508 e. The highest BCUT2D eigenvalue weighted by atomic mass is 35.5. The van der Waals surface area contributed by atoms with Gasteiger partial charge in [-0.1, -0.05) is 6.92 Å². The van der Waals surface area contributed by atoms with Crippen LogP contribution < -0.4 is 5.73 Å². The summed E-state index contributed by atoms with van der Waals surface area (Å²) < 4.78 is 0. The lowest BCUT2D eigenvalue weighted by Gasteiger charge is -2.13. The van der Waals surface area contributed by atoms with Gasteiger partial charge >= 0.3 is 0 Å². The molecular weight excluding hydrogens is 206 g/mol. The van der Waals surface area contributed by atoms with Crippen molar-refractivity contribution in [3.63, 3.8) is 0 Å². The third-order valence-electron chi connectivity index (χ3n) is 1.93. The van der Waals surface area contributed by atoms with Crippen LogP contribution in [0.4, 0.5) is 0 Å². The van der Waals surface area contributed by atoms with Gasteiger partial charge < -0.3 is 21.1 Å². The zero-order valence-corrected chi connectivity index (χ0v) is 8.58. The molecule has 0 bridgehead atoms. The number of aromatic hydroxyl groups is 3. The molecule has 0 aromatic heterocycles. The third kappa shape index (κ3) is 2.43. The topological polar surface area (TPSA) is 86.7 Å². The number of phenolic OH excluding ortho intramolecular Hbond substituents is 3. The first kappa shape index (κ1) is 12.9. The summed E-state index contributed by atoms with van der Waals surface area (Å²) in [4.78, 5) is 0. The van der Waals surface area contributed by atoms with E-state index >= 15 is 0 Å². The predicted octanol–water partition coefficient (Wildman–Crippen LogP) is 1.63. The highest BCUT2D eigenvalue weighted by Crippen LogP contribution is 2.36. The Morgan fingerprint density at radius 3 is 2.00 bits per heavy atom. The Hall–Kier alpha value is -1.13. The lowest BCUT2D eigenvalue weighted by molar-refractivity contribution is 0.411. The van der Waals surface area contributed by atoms with E-state index in [9.17, 15) is 10.2 Å². The Labute approximate surface area is 88.4 Å². The molecule has 0 aliphatic heterocycles. The number of benzene rings is 1. The van der Waals surface area contributed by atoms with Crippen molar-refractivity contribution in [1.82, 2.24) is 0 Å². The summed E-state index contributed by atoms with van der Waals surface area (Å²) >= 11 is 0. The van der Waals surface area contributed by atoms with E-state index in [-0.39, 0.29) is 35.2 Å². The monoisotopic (exact) mass is 219 g/mol. The summed E-state index contributed by atoms with van der Waals surface area (Å²) in [5.74, 6) is -0.527. The molecule has 14 heavy (non-hydrogen) atoms. The first-order valence-corrected chi connectivity index (χ1v) is 4.06. The maximum absolute atomic E-state index is 9.37. The number of hydrogen-bond acceptors (Lipinski definition) is 4. The molecule has 0 heterocycles. The van der Waals surface area contributed by atoms with Gasteiger partial charge in [-0.3, -0.25) is 0 Å². The molecule has 0 saturated carbocycles. The van der Waals surface area contributed by atoms with Gasteiger partial charge in [0, 0.05) is 18.2 Å². The van der Waals surface area contributed by atoms with Crippen molar-refractivity contribution in [3.8, 4) is 17.2 Å². The lowest BCUT2D eigenvalue weighted by atomic mass is 10.0. The van der Waals surface area contributed by atoms with E-state index in [0.29, 0.717) is 6.42 Å². The van der Waals surface area contributed by atoms with Gasteiger partial charge in [0.15, 0.2) is 0 Å². The zero-order chi connectivity index (χ0) is 10.0. The van der Waals surface area contributed by atoms with Crippen LogP contribution in [0.2, 0.25) is 0 Å². The summed E-state index contributed by atoms with van der Waals surface area (Å²) in [5, 5.41) is 27.8. The average Bonchev–Trinajstić information content (AvgIpc) is 2.02. The first-order valence-electron chi connectivity index (χ1n) is 4.06. The van der Waals surface area contributed by atoms with Gasteiger partial charge in [0.2, 0.25) is 0 Å². The van der Waals surface area contributed by atoms with Crippen LogP contribution in [-0.2, 0) is 0 Å². The summed E-state index contributed by atoms with van der Waals surface area (Å²) in [5.41, 5.74) is 5.92. The molecule has 4 nitrogen and oxygen atoms in total.